The molecular formula is C22H21N3O5. The Labute approximate surface area is 173 Å². The molecular weight excluding hydrogens is 386 g/mol. The van der Waals surface area contributed by atoms with E-state index in [4.69, 9.17) is 0 Å². The predicted molar refractivity (Wildman–Crippen MR) is 114 cm³/mol. The average Bonchev–Trinajstić information content (AvgIpc) is 2.71. The van der Waals surface area contributed by atoms with E-state index < -0.39 is 9.85 Å². The van der Waals surface area contributed by atoms with Crippen LogP contribution in [0.15, 0.2) is 59.7 Å². The Morgan fingerprint density at radius 2 is 1.23 bits per heavy atom. The highest BCUT2D eigenvalue weighted by molar-refractivity contribution is 6.15. The number of para-hydroxylation sites is 2. The number of Topliss-reactive ketones (excluding diaryl/α,β-unsaturated/α-hetero) is 1. The van der Waals surface area contributed by atoms with Crippen molar-refractivity contribution in [3.63, 3.8) is 0 Å². The van der Waals surface area contributed by atoms with E-state index in [0.29, 0.717) is 35.4 Å². The smallest absolute Gasteiger partial charge is 0.276 e. The van der Waals surface area contributed by atoms with E-state index in [0.717, 1.165) is 0 Å². The Balaban J connectivity index is 2.08. The summed E-state index contributed by atoms with van der Waals surface area (Å²) < 4.78 is 0. The zero-order valence-electron chi connectivity index (χ0n) is 16.6. The Kier molecular flexibility index (Phi) is 6.17. The third kappa shape index (κ3) is 4.49. The highest BCUT2D eigenvalue weighted by Crippen LogP contribution is 2.28. The van der Waals surface area contributed by atoms with Gasteiger partial charge in [-0.2, -0.15) is 0 Å². The second kappa shape index (κ2) is 8.79. The number of nitro groups is 2. The van der Waals surface area contributed by atoms with Crippen LogP contribution in [0.4, 0.5) is 11.4 Å². The topological polar surface area (TPSA) is 107 Å². The van der Waals surface area contributed by atoms with Crippen molar-refractivity contribution in [1.29, 1.82) is 0 Å². The van der Waals surface area contributed by atoms with Crippen LogP contribution < -0.4 is 0 Å². The maximum atomic E-state index is 13.2. The van der Waals surface area contributed by atoms with E-state index in [1.54, 1.807) is 48.6 Å². The summed E-state index contributed by atoms with van der Waals surface area (Å²) in [7, 11) is 0. The molecule has 8 heteroatoms. The first-order valence-electron chi connectivity index (χ1n) is 9.44. The zero-order chi connectivity index (χ0) is 21.8. The van der Waals surface area contributed by atoms with Crippen LogP contribution in [0.5, 0.6) is 0 Å². The lowest BCUT2D eigenvalue weighted by atomic mass is 9.93. The number of nitro benzene ring substituents is 2. The molecule has 0 spiro atoms. The molecule has 0 aromatic heterocycles. The second-order valence-corrected chi connectivity index (χ2v) is 7.30. The number of carbonyl (C=O) groups is 1. The molecule has 0 amide bonds. The summed E-state index contributed by atoms with van der Waals surface area (Å²) in [5.41, 5.74) is 1.36. The lowest BCUT2D eigenvalue weighted by Gasteiger charge is -2.32. The van der Waals surface area contributed by atoms with E-state index >= 15 is 0 Å². The van der Waals surface area contributed by atoms with E-state index in [9.17, 15) is 25.0 Å². The Morgan fingerprint density at radius 1 is 0.833 bits per heavy atom. The number of hydrogen-bond donors (Lipinski definition) is 0. The van der Waals surface area contributed by atoms with Crippen molar-refractivity contribution in [2.75, 3.05) is 13.1 Å². The monoisotopic (exact) mass is 407 g/mol. The van der Waals surface area contributed by atoms with Crippen molar-refractivity contribution in [3.05, 3.63) is 91.0 Å². The molecule has 2 aromatic rings. The molecule has 0 N–H and O–H groups in total. The molecule has 0 bridgehead atoms. The Morgan fingerprint density at radius 3 is 1.60 bits per heavy atom. The van der Waals surface area contributed by atoms with Gasteiger partial charge in [-0.3, -0.25) is 29.9 Å². The second-order valence-electron chi connectivity index (χ2n) is 7.30. The van der Waals surface area contributed by atoms with Crippen molar-refractivity contribution in [3.8, 4) is 0 Å². The summed E-state index contributed by atoms with van der Waals surface area (Å²) >= 11 is 0. The van der Waals surface area contributed by atoms with Crippen molar-refractivity contribution in [1.82, 2.24) is 4.90 Å². The molecule has 154 valence electrons. The van der Waals surface area contributed by atoms with Crippen LogP contribution in [0.25, 0.3) is 12.2 Å². The van der Waals surface area contributed by atoms with Gasteiger partial charge in [0, 0.05) is 42.4 Å². The number of likely N-dealkylation sites (tertiary alicyclic amines) is 1. The Bertz CT molecular complexity index is 992. The van der Waals surface area contributed by atoms with Gasteiger partial charge >= 0.3 is 0 Å². The van der Waals surface area contributed by atoms with Gasteiger partial charge in [-0.15, -0.1) is 0 Å². The van der Waals surface area contributed by atoms with Gasteiger partial charge in [0.15, 0.2) is 5.78 Å². The molecule has 1 fully saturated rings. The molecule has 0 atom stereocenters. The molecule has 0 saturated carbocycles. The maximum absolute atomic E-state index is 13.2. The third-order valence-corrected chi connectivity index (χ3v) is 4.99. The minimum atomic E-state index is -0.482. The van der Waals surface area contributed by atoms with Crippen molar-refractivity contribution in [2.45, 2.75) is 19.9 Å². The Hall–Kier alpha value is -3.65. The van der Waals surface area contributed by atoms with Crippen LogP contribution in [0.2, 0.25) is 0 Å². The van der Waals surface area contributed by atoms with E-state index in [2.05, 4.69) is 0 Å². The zero-order valence-corrected chi connectivity index (χ0v) is 16.6. The van der Waals surface area contributed by atoms with Crippen LogP contribution in [0, 0.1) is 20.2 Å². The van der Waals surface area contributed by atoms with Crippen LogP contribution in [-0.2, 0) is 4.79 Å². The molecule has 1 aliphatic heterocycles. The number of nitrogens with zero attached hydrogens (tertiary/aromatic N) is 3. The van der Waals surface area contributed by atoms with Gasteiger partial charge in [0.1, 0.15) is 0 Å². The first kappa shape index (κ1) is 21.1. The fourth-order valence-corrected chi connectivity index (χ4v) is 3.36. The highest BCUT2D eigenvalue weighted by Gasteiger charge is 2.29. The summed E-state index contributed by atoms with van der Waals surface area (Å²) in [5, 5.41) is 22.7. The molecule has 2 aromatic carbocycles. The molecule has 1 heterocycles. The highest BCUT2D eigenvalue weighted by atomic mass is 16.6. The fraction of sp³-hybridized carbons (Fsp3) is 0.227. The molecule has 0 radical (unpaired) electrons. The standard InChI is InChI=1S/C22H21N3O5/c1-15(2)23-13-18(11-16-7-3-5-9-20(16)24(27)28)22(26)19(14-23)12-17-8-4-6-10-21(17)25(29)30/h3-12,15H,13-14H2,1-2H3/b18-11+,19-12+. The normalized spacial score (nSPS) is 17.6. The quantitative estimate of drug-likeness (QED) is 0.416. The van der Waals surface area contributed by atoms with Crippen LogP contribution in [0.3, 0.4) is 0 Å². The number of benzene rings is 2. The maximum Gasteiger partial charge on any atom is 0.276 e. The largest absolute Gasteiger partial charge is 0.292 e. The molecule has 1 saturated heterocycles. The van der Waals surface area contributed by atoms with Crippen molar-refractivity contribution in [2.24, 2.45) is 0 Å². The van der Waals surface area contributed by atoms with Crippen LogP contribution >= 0.6 is 0 Å². The first-order chi connectivity index (χ1) is 14.3. The summed E-state index contributed by atoms with van der Waals surface area (Å²) in [6.45, 7) is 4.66. The number of rotatable bonds is 5. The van der Waals surface area contributed by atoms with Crippen molar-refractivity contribution >= 4 is 29.3 Å². The number of ketones is 1. The lowest BCUT2D eigenvalue weighted by Crippen LogP contribution is -2.41. The minimum absolute atomic E-state index is 0.0799. The third-order valence-electron chi connectivity index (χ3n) is 4.99. The summed E-state index contributed by atoms with van der Waals surface area (Å²) in [6, 6.07) is 12.6. The van der Waals surface area contributed by atoms with Gasteiger partial charge in [-0.25, -0.2) is 0 Å². The van der Waals surface area contributed by atoms with Crippen LogP contribution in [0.1, 0.15) is 25.0 Å². The van der Waals surface area contributed by atoms with E-state index in [1.807, 2.05) is 18.7 Å². The first-order valence-corrected chi connectivity index (χ1v) is 9.44. The number of carbonyl (C=O) groups excluding carboxylic acids is 1. The van der Waals surface area contributed by atoms with E-state index in [1.165, 1.54) is 12.1 Å². The molecule has 0 unspecified atom stereocenters. The van der Waals surface area contributed by atoms with Crippen LogP contribution in [-0.4, -0.2) is 39.7 Å². The van der Waals surface area contributed by atoms with Gasteiger partial charge in [0.05, 0.1) is 21.0 Å². The average molecular weight is 407 g/mol. The molecule has 8 nitrogen and oxygen atoms in total. The van der Waals surface area contributed by atoms with Gasteiger partial charge in [0.25, 0.3) is 11.4 Å². The summed E-state index contributed by atoms with van der Waals surface area (Å²) in [5.74, 6) is -0.261. The fourth-order valence-electron chi connectivity index (χ4n) is 3.36. The summed E-state index contributed by atoms with van der Waals surface area (Å²) in [4.78, 5) is 36.9. The lowest BCUT2D eigenvalue weighted by molar-refractivity contribution is -0.385. The molecule has 0 aliphatic carbocycles. The van der Waals surface area contributed by atoms with Gasteiger partial charge < -0.3 is 0 Å². The van der Waals surface area contributed by atoms with Gasteiger partial charge in [-0.1, -0.05) is 24.3 Å². The minimum Gasteiger partial charge on any atom is -0.292 e. The van der Waals surface area contributed by atoms with Crippen molar-refractivity contribution < 1.29 is 14.6 Å². The summed E-state index contributed by atoms with van der Waals surface area (Å²) in [6.07, 6.45) is 3.09. The number of piperidine rings is 1. The molecule has 30 heavy (non-hydrogen) atoms. The SMILES string of the molecule is CC(C)N1C/C(=C\c2ccccc2[N+](=O)[O-])C(=O)/C(=C/c2ccccc2[N+](=O)[O-])C1. The molecule has 3 rings (SSSR count). The van der Waals surface area contributed by atoms with E-state index in [-0.39, 0.29) is 23.2 Å². The number of hydrogen-bond acceptors (Lipinski definition) is 6. The molecule has 1 aliphatic rings. The van der Waals surface area contributed by atoms with Gasteiger partial charge in [0.2, 0.25) is 0 Å². The predicted octanol–water partition coefficient (Wildman–Crippen LogP) is 4.26. The van der Waals surface area contributed by atoms with Gasteiger partial charge in [-0.05, 0) is 38.1 Å².